The molecule has 2 bridgehead atoms. The normalized spacial score (nSPS) is 20.0. The van der Waals surface area contributed by atoms with Crippen LogP contribution in [0, 0.1) is 17.5 Å². The number of aromatic nitrogens is 2. The second-order valence-corrected chi connectivity index (χ2v) is 18.8. The number of aryl methyl sites for hydroxylation is 1. The van der Waals surface area contributed by atoms with Crippen molar-refractivity contribution >= 4 is 48.8 Å². The summed E-state index contributed by atoms with van der Waals surface area (Å²) in [6, 6.07) is 21.5. The molecule has 4 aromatic carbocycles. The molecule has 2 N–H and O–H groups in total. The minimum Gasteiger partial charge on any atom is -0.371 e. The Morgan fingerprint density at radius 3 is 1.97 bits per heavy atom. The number of carbonyl (C=O) groups excluding carboxylic acids is 4. The van der Waals surface area contributed by atoms with E-state index >= 15 is 13.2 Å². The molecule has 0 atom stereocenters. The maximum Gasteiger partial charge on any atom is 0.272 e. The van der Waals surface area contributed by atoms with E-state index in [0.717, 1.165) is 31.6 Å². The molecule has 5 aliphatic rings. The molecule has 5 fully saturated rings. The molecule has 3 amide bonds. The Morgan fingerprint density at radius 1 is 0.718 bits per heavy atom. The van der Waals surface area contributed by atoms with Gasteiger partial charge in [0, 0.05) is 70.7 Å². The van der Waals surface area contributed by atoms with Crippen LogP contribution in [0.3, 0.4) is 0 Å². The van der Waals surface area contributed by atoms with E-state index in [1.165, 1.54) is 31.0 Å². The SMILES string of the molecule is C=O.CCCC.CCc1cccc(-c2cc(F)c(C(=O)NC34CCC(CN5CCN(CC(=O)N6CCN(C(=O)c7cc(Cc8n[nH]c(=O)c9ccccc89)ccc7F)CC6)CC5)(CC3)OC4)c(F)c2)c1.S. The van der Waals surface area contributed by atoms with E-state index in [-0.39, 0.29) is 62.4 Å². The summed E-state index contributed by atoms with van der Waals surface area (Å²) in [5, 5.41) is 10.9. The van der Waals surface area contributed by atoms with Gasteiger partial charge in [-0.25, -0.2) is 18.3 Å². The van der Waals surface area contributed by atoms with E-state index in [2.05, 4.69) is 39.2 Å². The van der Waals surface area contributed by atoms with Crippen LogP contribution < -0.4 is 10.9 Å². The van der Waals surface area contributed by atoms with Crippen molar-refractivity contribution in [1.29, 1.82) is 0 Å². The number of amides is 3. The van der Waals surface area contributed by atoms with E-state index in [1.807, 2.05) is 44.0 Å². The lowest BCUT2D eigenvalue weighted by atomic mass is 9.70. The van der Waals surface area contributed by atoms with Crippen LogP contribution in [0.15, 0.2) is 83.7 Å². The largest absolute Gasteiger partial charge is 0.371 e. The molecular formula is C54H66F3N7O6S. The number of ether oxygens (including phenoxy) is 1. The summed E-state index contributed by atoms with van der Waals surface area (Å²) in [6.07, 6.45) is 6.44. The first-order chi connectivity index (χ1) is 33.8. The molecule has 0 radical (unpaired) electrons. The highest BCUT2D eigenvalue weighted by molar-refractivity contribution is 7.59. The van der Waals surface area contributed by atoms with Gasteiger partial charge in [-0.05, 0) is 84.7 Å². The van der Waals surface area contributed by atoms with Crippen molar-refractivity contribution in [3.05, 3.63) is 135 Å². The van der Waals surface area contributed by atoms with Crippen molar-refractivity contribution in [2.75, 3.05) is 72.1 Å². The average Bonchev–Trinajstić information content (AvgIpc) is 3.39. The Balaban J connectivity index is 0.00000112. The number of aromatic amines is 1. The van der Waals surface area contributed by atoms with Crippen molar-refractivity contribution < 1.29 is 37.1 Å². The summed E-state index contributed by atoms with van der Waals surface area (Å²) < 4.78 is 52.2. The Bertz CT molecular complexity index is 2670. The number of rotatable bonds is 12. The van der Waals surface area contributed by atoms with Crippen molar-refractivity contribution in [1.82, 2.24) is 35.1 Å². The Labute approximate surface area is 420 Å². The fourth-order valence-electron chi connectivity index (χ4n) is 9.84. The smallest absolute Gasteiger partial charge is 0.272 e. The molecule has 1 aromatic heterocycles. The Morgan fingerprint density at radius 2 is 1.35 bits per heavy atom. The molecule has 4 aliphatic heterocycles. The first-order valence-electron chi connectivity index (χ1n) is 24.4. The predicted molar refractivity (Wildman–Crippen MR) is 274 cm³/mol. The molecule has 71 heavy (non-hydrogen) atoms. The zero-order valence-corrected chi connectivity index (χ0v) is 42.0. The molecule has 5 aromatic rings. The summed E-state index contributed by atoms with van der Waals surface area (Å²) in [7, 11) is 0. The van der Waals surface area contributed by atoms with Gasteiger partial charge in [-0.15, -0.1) is 0 Å². The van der Waals surface area contributed by atoms with Gasteiger partial charge in [0.05, 0.1) is 40.9 Å². The second-order valence-electron chi connectivity index (χ2n) is 18.8. The van der Waals surface area contributed by atoms with Crippen molar-refractivity contribution in [2.45, 2.75) is 83.3 Å². The number of H-pyrrole nitrogens is 1. The van der Waals surface area contributed by atoms with E-state index in [0.29, 0.717) is 91.4 Å². The summed E-state index contributed by atoms with van der Waals surface area (Å²) in [6.45, 7) is 13.9. The van der Waals surface area contributed by atoms with Crippen molar-refractivity contribution in [3.63, 3.8) is 0 Å². The molecule has 1 aliphatic carbocycles. The topological polar surface area (TPSA) is 148 Å². The van der Waals surface area contributed by atoms with Crippen LogP contribution in [0.4, 0.5) is 13.2 Å². The maximum absolute atomic E-state index is 15.3. The Hall–Kier alpha value is -5.88. The molecule has 17 heteroatoms. The molecule has 4 saturated heterocycles. The van der Waals surface area contributed by atoms with Gasteiger partial charge in [0.1, 0.15) is 29.8 Å². The number of nitrogens with one attached hydrogen (secondary N) is 2. The van der Waals surface area contributed by atoms with Gasteiger partial charge in [-0.2, -0.15) is 18.6 Å². The summed E-state index contributed by atoms with van der Waals surface area (Å²) >= 11 is 0. The van der Waals surface area contributed by atoms with Gasteiger partial charge in [-0.3, -0.25) is 29.0 Å². The number of hydrogen-bond donors (Lipinski definition) is 2. The fourth-order valence-corrected chi connectivity index (χ4v) is 9.84. The molecule has 0 unspecified atom stereocenters. The van der Waals surface area contributed by atoms with Gasteiger partial charge in [0.25, 0.3) is 17.4 Å². The van der Waals surface area contributed by atoms with Crippen LogP contribution >= 0.6 is 13.5 Å². The van der Waals surface area contributed by atoms with Crippen LogP contribution in [0.5, 0.6) is 0 Å². The number of fused-ring (bicyclic) bond motifs is 4. The van der Waals surface area contributed by atoms with Crippen LogP contribution in [-0.2, 0) is 27.2 Å². The summed E-state index contributed by atoms with van der Waals surface area (Å²) in [5.74, 6) is -3.62. The quantitative estimate of drug-likeness (QED) is 0.131. The van der Waals surface area contributed by atoms with Crippen molar-refractivity contribution in [3.8, 4) is 11.1 Å². The van der Waals surface area contributed by atoms with E-state index in [9.17, 15) is 19.2 Å². The van der Waals surface area contributed by atoms with Crippen LogP contribution in [-0.4, -0.2) is 138 Å². The predicted octanol–water partition coefficient (Wildman–Crippen LogP) is 7.31. The molecule has 10 rings (SSSR count). The van der Waals surface area contributed by atoms with Gasteiger partial charge in [-0.1, -0.05) is 82.1 Å². The third-order valence-corrected chi connectivity index (χ3v) is 14.3. The Kier molecular flexibility index (Phi) is 18.8. The number of halogens is 3. The summed E-state index contributed by atoms with van der Waals surface area (Å²) in [4.78, 5) is 68.4. The lowest BCUT2D eigenvalue weighted by Crippen LogP contribution is -2.66. The minimum absolute atomic E-state index is 0. The van der Waals surface area contributed by atoms with Gasteiger partial charge >= 0.3 is 0 Å². The zero-order chi connectivity index (χ0) is 50.0. The first-order valence-corrected chi connectivity index (χ1v) is 24.4. The third kappa shape index (κ3) is 12.8. The fraction of sp³-hybridized carbons (Fsp3) is 0.444. The average molecular weight is 998 g/mol. The lowest BCUT2D eigenvalue weighted by Gasteiger charge is -2.54. The molecular weight excluding hydrogens is 932 g/mol. The molecule has 13 nitrogen and oxygen atoms in total. The third-order valence-electron chi connectivity index (χ3n) is 14.3. The highest BCUT2D eigenvalue weighted by atomic mass is 32.1. The number of hydrogen-bond acceptors (Lipinski definition) is 9. The number of nitrogens with zero attached hydrogens (tertiary/aromatic N) is 5. The van der Waals surface area contributed by atoms with Crippen LogP contribution in [0.25, 0.3) is 21.9 Å². The van der Waals surface area contributed by atoms with E-state index < -0.39 is 40.4 Å². The van der Waals surface area contributed by atoms with Gasteiger partial charge in [0.15, 0.2) is 0 Å². The minimum atomic E-state index is -0.895. The van der Waals surface area contributed by atoms with E-state index in [4.69, 9.17) is 9.53 Å². The van der Waals surface area contributed by atoms with Crippen LogP contribution in [0.2, 0.25) is 0 Å². The van der Waals surface area contributed by atoms with E-state index in [1.54, 1.807) is 40.1 Å². The second kappa shape index (κ2) is 24.5. The summed E-state index contributed by atoms with van der Waals surface area (Å²) in [5.41, 5.74) is 1.45. The van der Waals surface area contributed by atoms with Gasteiger partial charge in [0.2, 0.25) is 5.91 Å². The monoisotopic (exact) mass is 997 g/mol. The highest BCUT2D eigenvalue weighted by Gasteiger charge is 2.51. The van der Waals surface area contributed by atoms with Crippen LogP contribution in [0.1, 0.15) is 96.8 Å². The number of carbonyl (C=O) groups is 4. The first kappa shape index (κ1) is 54.5. The maximum atomic E-state index is 15.3. The highest BCUT2D eigenvalue weighted by Crippen LogP contribution is 2.44. The lowest BCUT2D eigenvalue weighted by molar-refractivity contribution is -0.170. The molecule has 0 spiro atoms. The van der Waals surface area contributed by atoms with Crippen molar-refractivity contribution in [2.24, 2.45) is 0 Å². The van der Waals surface area contributed by atoms with Gasteiger partial charge < -0.3 is 24.6 Å². The number of unbranched alkanes of at least 4 members (excludes halogenated alkanes) is 1. The standard InChI is InChI=1S/C49H52F3N7O5.C4H10.CH2O.H2S/c1-2-32-6-5-7-34(24-32)35-27-40(51)44(41(52)28-35)46(62)53-48-12-14-49(15-13-48,64-31-48)30-57-18-16-56(17-19-57)29-43(60)58-20-22-59(23-21-58)47(63)38-25-33(10-11-39(38)50)26-42-36-8-3-4-9-37(36)45(61)55-54-42;1-3-4-2;1-2;/h3-11,24-25,27-28H,2,12-23,26,29-31H2,1H3,(H,53,62)(H,55,61);3-4H2,1-2H3;1H2;1H2. The zero-order valence-electron chi connectivity index (χ0n) is 41.0. The number of benzene rings is 4. The molecule has 380 valence electrons. The number of piperazine rings is 2. The molecule has 5 heterocycles. The molecule has 1 saturated carbocycles.